The first kappa shape index (κ1) is 11.1. The number of benzene rings is 1. The van der Waals surface area contributed by atoms with E-state index in [4.69, 9.17) is 10.6 Å². The molecule has 0 bridgehead atoms. The highest BCUT2D eigenvalue weighted by atomic mass is 16.5. The number of ether oxygens (including phenoxy) is 1. The fraction of sp³-hybridized carbons (Fsp3) is 0.417. The second-order valence-corrected chi connectivity index (χ2v) is 3.90. The lowest BCUT2D eigenvalue weighted by Crippen LogP contribution is -2.48. The van der Waals surface area contributed by atoms with Crippen molar-refractivity contribution in [2.24, 2.45) is 5.84 Å². The molecule has 1 unspecified atom stereocenters. The van der Waals surface area contributed by atoms with Gasteiger partial charge in [-0.25, -0.2) is 10.9 Å². The van der Waals surface area contributed by atoms with Gasteiger partial charge in [0.1, 0.15) is 6.23 Å². The summed E-state index contributed by atoms with van der Waals surface area (Å²) in [5, 5.41) is 1.20. The summed E-state index contributed by atoms with van der Waals surface area (Å²) in [6.07, 6.45) is 2.64. The van der Waals surface area contributed by atoms with Crippen LogP contribution in [0.5, 0.6) is 0 Å². The quantitative estimate of drug-likeness (QED) is 0.467. The van der Waals surface area contributed by atoms with Crippen LogP contribution >= 0.6 is 0 Å². The first-order valence-electron chi connectivity index (χ1n) is 5.54. The Morgan fingerprint density at radius 2 is 2.06 bits per heavy atom. The predicted molar refractivity (Wildman–Crippen MR) is 60.4 cm³/mol. The zero-order chi connectivity index (χ0) is 11.4. The number of hydrogen-bond donors (Lipinski definition) is 1. The molecule has 1 aliphatic heterocycles. The van der Waals surface area contributed by atoms with Gasteiger partial charge in [-0.1, -0.05) is 18.2 Å². The van der Waals surface area contributed by atoms with E-state index in [9.17, 15) is 4.79 Å². The van der Waals surface area contributed by atoms with E-state index in [0.29, 0.717) is 12.2 Å². The van der Waals surface area contributed by atoms with Crippen molar-refractivity contribution >= 4 is 5.91 Å². The van der Waals surface area contributed by atoms with Gasteiger partial charge in [0.25, 0.3) is 5.91 Å². The molecule has 1 amide bonds. The molecule has 16 heavy (non-hydrogen) atoms. The zero-order valence-corrected chi connectivity index (χ0v) is 9.13. The molecule has 1 aromatic rings. The molecule has 1 saturated heterocycles. The third-order valence-corrected chi connectivity index (χ3v) is 2.72. The summed E-state index contributed by atoms with van der Waals surface area (Å²) in [6, 6.07) is 9.02. The fourth-order valence-electron chi connectivity index (χ4n) is 1.80. The zero-order valence-electron chi connectivity index (χ0n) is 9.13. The average molecular weight is 220 g/mol. The van der Waals surface area contributed by atoms with Crippen LogP contribution in [0.15, 0.2) is 30.3 Å². The normalized spacial score (nSPS) is 20.4. The van der Waals surface area contributed by atoms with Gasteiger partial charge in [-0.15, -0.1) is 0 Å². The Labute approximate surface area is 95.0 Å². The van der Waals surface area contributed by atoms with Crippen molar-refractivity contribution in [3.8, 4) is 0 Å². The lowest BCUT2D eigenvalue weighted by atomic mass is 10.1. The maximum Gasteiger partial charge on any atom is 0.270 e. The molecule has 0 radical (unpaired) electrons. The first-order valence-corrected chi connectivity index (χ1v) is 5.54. The maximum absolute atomic E-state index is 12.0. The van der Waals surface area contributed by atoms with E-state index in [-0.39, 0.29) is 12.1 Å². The van der Waals surface area contributed by atoms with Crippen molar-refractivity contribution in [1.29, 1.82) is 0 Å². The van der Waals surface area contributed by atoms with Gasteiger partial charge in [-0.3, -0.25) is 4.79 Å². The van der Waals surface area contributed by atoms with E-state index in [1.807, 2.05) is 18.2 Å². The van der Waals surface area contributed by atoms with E-state index in [0.717, 1.165) is 19.3 Å². The molecule has 2 N–H and O–H groups in total. The van der Waals surface area contributed by atoms with Crippen LogP contribution in [0, 0.1) is 0 Å². The molecule has 86 valence electrons. The Morgan fingerprint density at radius 1 is 1.31 bits per heavy atom. The van der Waals surface area contributed by atoms with Crippen LogP contribution in [-0.4, -0.2) is 23.8 Å². The van der Waals surface area contributed by atoms with Crippen LogP contribution in [0.4, 0.5) is 0 Å². The molecule has 0 aliphatic carbocycles. The minimum Gasteiger partial charge on any atom is -0.357 e. The summed E-state index contributed by atoms with van der Waals surface area (Å²) >= 11 is 0. The lowest BCUT2D eigenvalue weighted by Gasteiger charge is -2.30. The van der Waals surface area contributed by atoms with Crippen molar-refractivity contribution in [2.45, 2.75) is 25.5 Å². The maximum atomic E-state index is 12.0. The summed E-state index contributed by atoms with van der Waals surface area (Å²) in [5.74, 6) is 5.60. The second kappa shape index (κ2) is 5.09. The van der Waals surface area contributed by atoms with Crippen LogP contribution in [-0.2, 0) is 4.74 Å². The highest BCUT2D eigenvalue weighted by Gasteiger charge is 2.24. The van der Waals surface area contributed by atoms with Gasteiger partial charge in [0, 0.05) is 12.2 Å². The van der Waals surface area contributed by atoms with Gasteiger partial charge in [-0.2, -0.15) is 0 Å². The molecule has 0 aromatic heterocycles. The predicted octanol–water partition coefficient (Wildman–Crippen LogP) is 1.53. The molecule has 1 aromatic carbocycles. The number of nitrogens with zero attached hydrogens (tertiary/aromatic N) is 1. The third kappa shape index (κ3) is 2.40. The Hall–Kier alpha value is -1.39. The van der Waals surface area contributed by atoms with Crippen LogP contribution in [0.25, 0.3) is 0 Å². The van der Waals surface area contributed by atoms with Gasteiger partial charge in [0.15, 0.2) is 0 Å². The highest BCUT2D eigenvalue weighted by Crippen LogP contribution is 2.16. The monoisotopic (exact) mass is 220 g/mol. The SMILES string of the molecule is NN(C(=O)c1ccccc1)C1CCCCO1. The van der Waals surface area contributed by atoms with E-state index in [2.05, 4.69) is 0 Å². The number of nitrogens with two attached hydrogens (primary N) is 1. The fourth-order valence-corrected chi connectivity index (χ4v) is 1.80. The average Bonchev–Trinajstić information content (AvgIpc) is 2.39. The van der Waals surface area contributed by atoms with Gasteiger partial charge in [0.2, 0.25) is 0 Å². The molecular formula is C12H16N2O2. The summed E-state index contributed by atoms with van der Waals surface area (Å²) in [5.41, 5.74) is 0.596. The Kier molecular flexibility index (Phi) is 3.54. The molecule has 0 saturated carbocycles. The number of hydrogen-bond acceptors (Lipinski definition) is 3. The summed E-state index contributed by atoms with van der Waals surface area (Å²) in [6.45, 7) is 0.681. The summed E-state index contributed by atoms with van der Waals surface area (Å²) < 4.78 is 5.46. The molecule has 1 aliphatic rings. The summed E-state index contributed by atoms with van der Waals surface area (Å²) in [7, 11) is 0. The van der Waals surface area contributed by atoms with Crippen molar-refractivity contribution in [2.75, 3.05) is 6.61 Å². The van der Waals surface area contributed by atoms with Gasteiger partial charge >= 0.3 is 0 Å². The summed E-state index contributed by atoms with van der Waals surface area (Å²) in [4.78, 5) is 12.0. The van der Waals surface area contributed by atoms with Crippen molar-refractivity contribution in [3.63, 3.8) is 0 Å². The number of hydrazine groups is 1. The third-order valence-electron chi connectivity index (χ3n) is 2.72. The van der Waals surface area contributed by atoms with Crippen LogP contribution in [0.3, 0.4) is 0 Å². The van der Waals surface area contributed by atoms with E-state index in [1.54, 1.807) is 12.1 Å². The minimum absolute atomic E-state index is 0.187. The first-order chi connectivity index (χ1) is 7.79. The van der Waals surface area contributed by atoms with Crippen LogP contribution in [0.2, 0.25) is 0 Å². The van der Waals surface area contributed by atoms with Crippen molar-refractivity contribution in [1.82, 2.24) is 5.01 Å². The Bertz CT molecular complexity index is 347. The molecule has 1 heterocycles. The molecule has 4 heteroatoms. The molecule has 1 atom stereocenters. The molecular weight excluding hydrogens is 204 g/mol. The number of carbonyl (C=O) groups excluding carboxylic acids is 1. The smallest absolute Gasteiger partial charge is 0.270 e. The second-order valence-electron chi connectivity index (χ2n) is 3.90. The van der Waals surface area contributed by atoms with Gasteiger partial charge < -0.3 is 4.74 Å². The number of rotatable bonds is 2. The van der Waals surface area contributed by atoms with Gasteiger partial charge in [0.05, 0.1) is 0 Å². The topological polar surface area (TPSA) is 55.6 Å². The van der Waals surface area contributed by atoms with Crippen LogP contribution < -0.4 is 5.84 Å². The minimum atomic E-state index is -0.276. The van der Waals surface area contributed by atoms with Crippen molar-refractivity contribution < 1.29 is 9.53 Å². The molecule has 1 fully saturated rings. The largest absolute Gasteiger partial charge is 0.357 e. The van der Waals surface area contributed by atoms with Crippen LogP contribution in [0.1, 0.15) is 29.6 Å². The lowest BCUT2D eigenvalue weighted by molar-refractivity contribution is -0.0713. The van der Waals surface area contributed by atoms with E-state index in [1.165, 1.54) is 5.01 Å². The molecule has 4 nitrogen and oxygen atoms in total. The number of carbonyl (C=O) groups is 1. The van der Waals surface area contributed by atoms with Crippen molar-refractivity contribution in [3.05, 3.63) is 35.9 Å². The number of amides is 1. The van der Waals surface area contributed by atoms with E-state index >= 15 is 0 Å². The van der Waals surface area contributed by atoms with Gasteiger partial charge in [-0.05, 0) is 31.4 Å². The Morgan fingerprint density at radius 3 is 2.69 bits per heavy atom. The standard InChI is InChI=1S/C12H16N2O2/c13-14(11-8-4-5-9-16-11)12(15)10-6-2-1-3-7-10/h1-3,6-7,11H,4-5,8-9,13H2. The molecule has 0 spiro atoms. The Balaban J connectivity index is 2.04. The van der Waals surface area contributed by atoms with E-state index < -0.39 is 0 Å². The highest BCUT2D eigenvalue weighted by molar-refractivity contribution is 5.93. The molecule has 2 rings (SSSR count).